The first-order valence-electron chi connectivity index (χ1n) is 11.1. The van der Waals surface area contributed by atoms with E-state index in [2.05, 4.69) is 4.98 Å². The maximum Gasteiger partial charge on any atom is 0.337 e. The molecule has 0 atom stereocenters. The highest BCUT2D eigenvalue weighted by molar-refractivity contribution is 7.89. The molecule has 4 aromatic rings. The van der Waals surface area contributed by atoms with E-state index in [-0.39, 0.29) is 29.1 Å². The van der Waals surface area contributed by atoms with Crippen LogP contribution in [-0.2, 0) is 27.7 Å². The van der Waals surface area contributed by atoms with Gasteiger partial charge in [-0.15, -0.1) is 0 Å². The van der Waals surface area contributed by atoms with E-state index in [1.807, 2.05) is 55.5 Å². The van der Waals surface area contributed by atoms with Gasteiger partial charge in [0.25, 0.3) is 5.56 Å². The van der Waals surface area contributed by atoms with Gasteiger partial charge in [-0.1, -0.05) is 42.5 Å². The number of aryl methyl sites for hydroxylation is 1. The predicted octanol–water partition coefficient (Wildman–Crippen LogP) is 4.06. The average molecular weight is 491 g/mol. The number of sulfonamides is 1. The van der Waals surface area contributed by atoms with Crippen molar-refractivity contribution in [2.24, 2.45) is 0 Å². The number of nitrogens with zero attached hydrogens (tertiary/aromatic N) is 1. The van der Waals surface area contributed by atoms with E-state index in [0.717, 1.165) is 16.5 Å². The molecule has 7 nitrogen and oxygen atoms in total. The second kappa shape index (κ2) is 10.2. The standard InChI is InChI=1S/C27H26N2O5S/c1-19-8-9-22-17-23(26(30)28-25(22)16-19)18-29(15-14-20-6-4-3-5-7-20)35(32,33)24-12-10-21(11-13-24)27(31)34-2/h3-13,16-17H,14-15,18H2,1-2H3,(H,28,30). The Bertz CT molecular complexity index is 1510. The number of ether oxygens (including phenoxy) is 1. The van der Waals surface area contributed by atoms with Crippen molar-refractivity contribution >= 4 is 26.9 Å². The normalized spacial score (nSPS) is 11.6. The summed E-state index contributed by atoms with van der Waals surface area (Å²) in [6.45, 7) is 2.03. The maximum atomic E-state index is 13.6. The fourth-order valence-electron chi connectivity index (χ4n) is 3.88. The van der Waals surface area contributed by atoms with Gasteiger partial charge in [-0.2, -0.15) is 4.31 Å². The maximum absolute atomic E-state index is 13.6. The van der Waals surface area contributed by atoms with Crippen LogP contribution in [-0.4, -0.2) is 37.3 Å². The van der Waals surface area contributed by atoms with Gasteiger partial charge in [0.1, 0.15) is 0 Å². The molecule has 0 unspecified atom stereocenters. The summed E-state index contributed by atoms with van der Waals surface area (Å²) in [4.78, 5) is 27.5. The second-order valence-corrected chi connectivity index (χ2v) is 10.2. The van der Waals surface area contributed by atoms with Crippen LogP contribution in [0, 0.1) is 6.92 Å². The zero-order chi connectivity index (χ0) is 25.0. The van der Waals surface area contributed by atoms with Crippen molar-refractivity contribution in [3.63, 3.8) is 0 Å². The number of hydrogen-bond acceptors (Lipinski definition) is 5. The Morgan fingerprint density at radius 2 is 1.69 bits per heavy atom. The van der Waals surface area contributed by atoms with Gasteiger partial charge in [-0.05, 0) is 66.3 Å². The minimum atomic E-state index is -3.97. The Labute approximate surface area is 204 Å². The first-order chi connectivity index (χ1) is 16.8. The SMILES string of the molecule is COC(=O)c1ccc(S(=O)(=O)N(CCc2ccccc2)Cc2cc3ccc(C)cc3[nH]c2=O)cc1. The van der Waals surface area contributed by atoms with Crippen LogP contribution >= 0.6 is 0 Å². The Morgan fingerprint density at radius 1 is 0.971 bits per heavy atom. The molecule has 0 bridgehead atoms. The van der Waals surface area contributed by atoms with Crippen LogP contribution in [0.2, 0.25) is 0 Å². The Hall–Kier alpha value is -3.75. The van der Waals surface area contributed by atoms with Gasteiger partial charge in [-0.25, -0.2) is 13.2 Å². The third kappa shape index (κ3) is 5.50. The molecule has 0 aliphatic heterocycles. The molecule has 0 radical (unpaired) electrons. The van der Waals surface area contributed by atoms with Crippen molar-refractivity contribution in [2.75, 3.05) is 13.7 Å². The third-order valence-corrected chi connectivity index (χ3v) is 7.69. The van der Waals surface area contributed by atoms with Crippen LogP contribution in [0.4, 0.5) is 0 Å². The van der Waals surface area contributed by atoms with Crippen molar-refractivity contribution < 1.29 is 17.9 Å². The van der Waals surface area contributed by atoms with E-state index >= 15 is 0 Å². The molecule has 8 heteroatoms. The van der Waals surface area contributed by atoms with Gasteiger partial charge >= 0.3 is 5.97 Å². The van der Waals surface area contributed by atoms with Gasteiger partial charge in [0.15, 0.2) is 0 Å². The quantitative estimate of drug-likeness (QED) is 0.376. The lowest BCUT2D eigenvalue weighted by Crippen LogP contribution is -2.34. The fraction of sp³-hybridized carbons (Fsp3) is 0.185. The Balaban J connectivity index is 1.70. The number of pyridine rings is 1. The summed E-state index contributed by atoms with van der Waals surface area (Å²) in [6, 6.07) is 22.6. The summed E-state index contributed by atoms with van der Waals surface area (Å²) in [6.07, 6.45) is 0.477. The smallest absolute Gasteiger partial charge is 0.337 e. The highest BCUT2D eigenvalue weighted by atomic mass is 32.2. The lowest BCUT2D eigenvalue weighted by atomic mass is 10.1. The minimum absolute atomic E-state index is 0.0334. The Kier molecular flexibility index (Phi) is 7.14. The van der Waals surface area contributed by atoms with Gasteiger partial charge in [0.05, 0.1) is 17.6 Å². The van der Waals surface area contributed by atoms with Gasteiger partial charge in [0, 0.05) is 24.2 Å². The second-order valence-electron chi connectivity index (χ2n) is 8.30. The topological polar surface area (TPSA) is 96.5 Å². The number of fused-ring (bicyclic) bond motifs is 1. The molecule has 0 spiro atoms. The number of esters is 1. The molecular formula is C27H26N2O5S. The van der Waals surface area contributed by atoms with Gasteiger partial charge in [-0.3, -0.25) is 4.79 Å². The van der Waals surface area contributed by atoms with Crippen LogP contribution in [0.1, 0.15) is 27.0 Å². The first kappa shape index (κ1) is 24.4. The molecule has 0 aliphatic carbocycles. The van der Waals surface area contributed by atoms with Crippen LogP contribution < -0.4 is 5.56 Å². The molecule has 0 saturated heterocycles. The lowest BCUT2D eigenvalue weighted by Gasteiger charge is -2.22. The molecule has 4 rings (SSSR count). The summed E-state index contributed by atoms with van der Waals surface area (Å²) < 4.78 is 33.2. The minimum Gasteiger partial charge on any atom is -0.465 e. The highest BCUT2D eigenvalue weighted by Crippen LogP contribution is 2.21. The molecule has 0 aliphatic rings. The summed E-state index contributed by atoms with van der Waals surface area (Å²) >= 11 is 0. The van der Waals surface area contributed by atoms with E-state index in [1.165, 1.54) is 35.7 Å². The van der Waals surface area contributed by atoms with Crippen LogP contribution in [0.25, 0.3) is 10.9 Å². The summed E-state index contributed by atoms with van der Waals surface area (Å²) in [5.41, 5.74) is 2.98. The zero-order valence-corrected chi connectivity index (χ0v) is 20.3. The van der Waals surface area contributed by atoms with Crippen molar-refractivity contribution in [3.8, 4) is 0 Å². The number of H-pyrrole nitrogens is 1. The number of nitrogens with one attached hydrogen (secondary N) is 1. The number of carbonyl (C=O) groups is 1. The Morgan fingerprint density at radius 3 is 2.37 bits per heavy atom. The number of rotatable bonds is 8. The van der Waals surface area contributed by atoms with Crippen molar-refractivity contribution in [2.45, 2.75) is 24.8 Å². The number of hydrogen-bond donors (Lipinski definition) is 1. The lowest BCUT2D eigenvalue weighted by molar-refractivity contribution is 0.0600. The van der Waals surface area contributed by atoms with Crippen LogP contribution in [0.5, 0.6) is 0 Å². The molecular weight excluding hydrogens is 464 g/mol. The highest BCUT2D eigenvalue weighted by Gasteiger charge is 2.26. The molecule has 0 amide bonds. The number of carbonyl (C=O) groups excluding carboxylic acids is 1. The van der Waals surface area contributed by atoms with Gasteiger partial charge in [0.2, 0.25) is 10.0 Å². The molecule has 3 aromatic carbocycles. The molecule has 1 aromatic heterocycles. The molecule has 180 valence electrons. The van der Waals surface area contributed by atoms with Crippen LogP contribution in [0.3, 0.4) is 0 Å². The van der Waals surface area contributed by atoms with E-state index in [1.54, 1.807) is 6.07 Å². The largest absolute Gasteiger partial charge is 0.465 e. The van der Waals surface area contributed by atoms with E-state index in [4.69, 9.17) is 4.74 Å². The summed E-state index contributed by atoms with van der Waals surface area (Å²) in [5, 5.41) is 0.827. The number of aromatic amines is 1. The van der Waals surface area contributed by atoms with E-state index in [0.29, 0.717) is 17.5 Å². The average Bonchev–Trinajstić information content (AvgIpc) is 2.86. The summed E-state index contributed by atoms with van der Waals surface area (Å²) in [5.74, 6) is -0.548. The van der Waals surface area contributed by atoms with Crippen molar-refractivity contribution in [1.29, 1.82) is 0 Å². The third-order valence-electron chi connectivity index (χ3n) is 5.83. The van der Waals surface area contributed by atoms with Crippen molar-refractivity contribution in [1.82, 2.24) is 9.29 Å². The van der Waals surface area contributed by atoms with E-state index in [9.17, 15) is 18.0 Å². The molecule has 1 heterocycles. The van der Waals surface area contributed by atoms with Gasteiger partial charge < -0.3 is 9.72 Å². The molecule has 0 saturated carbocycles. The zero-order valence-electron chi connectivity index (χ0n) is 19.5. The number of benzene rings is 3. The monoisotopic (exact) mass is 490 g/mol. The summed E-state index contributed by atoms with van der Waals surface area (Å²) in [7, 11) is -2.70. The van der Waals surface area contributed by atoms with Crippen molar-refractivity contribution in [3.05, 3.63) is 111 Å². The predicted molar refractivity (Wildman–Crippen MR) is 135 cm³/mol. The molecule has 35 heavy (non-hydrogen) atoms. The fourth-order valence-corrected chi connectivity index (χ4v) is 5.30. The number of aromatic nitrogens is 1. The van der Waals surface area contributed by atoms with E-state index < -0.39 is 16.0 Å². The first-order valence-corrected chi connectivity index (χ1v) is 12.6. The molecule has 0 fully saturated rings. The molecule has 1 N–H and O–H groups in total. The number of methoxy groups -OCH3 is 1. The van der Waals surface area contributed by atoms with Crippen LogP contribution in [0.15, 0.2) is 88.6 Å².